The number of hydrogen-bond acceptors (Lipinski definition) is 5. The third kappa shape index (κ3) is 3.16. The summed E-state index contributed by atoms with van der Waals surface area (Å²) < 4.78 is 2.08. The lowest BCUT2D eigenvalue weighted by atomic mass is 10.2. The van der Waals surface area contributed by atoms with Crippen molar-refractivity contribution in [1.82, 2.24) is 25.1 Å². The van der Waals surface area contributed by atoms with Crippen molar-refractivity contribution in [2.75, 3.05) is 18.0 Å². The molecule has 0 saturated heterocycles. The first-order valence-electron chi connectivity index (χ1n) is 7.24. The van der Waals surface area contributed by atoms with Gasteiger partial charge in [0, 0.05) is 25.8 Å². The zero-order valence-electron chi connectivity index (χ0n) is 12.1. The van der Waals surface area contributed by atoms with Crippen LogP contribution in [0.3, 0.4) is 0 Å². The molecule has 0 saturated carbocycles. The van der Waals surface area contributed by atoms with Crippen molar-refractivity contribution in [2.45, 2.75) is 33.0 Å². The largest absolute Gasteiger partial charge is 0.347 e. The van der Waals surface area contributed by atoms with Gasteiger partial charge in [-0.05, 0) is 24.6 Å². The summed E-state index contributed by atoms with van der Waals surface area (Å²) in [5.41, 5.74) is 1.09. The lowest BCUT2D eigenvalue weighted by Crippen LogP contribution is -2.34. The lowest BCUT2D eigenvalue weighted by Gasteiger charge is -2.28. The van der Waals surface area contributed by atoms with E-state index in [0.29, 0.717) is 5.02 Å². The van der Waals surface area contributed by atoms with Crippen LogP contribution in [0.4, 0.5) is 5.82 Å². The summed E-state index contributed by atoms with van der Waals surface area (Å²) in [6, 6.07) is 2.07. The van der Waals surface area contributed by atoms with E-state index in [1.54, 1.807) is 12.5 Å². The summed E-state index contributed by atoms with van der Waals surface area (Å²) in [6.07, 6.45) is 4.62. The van der Waals surface area contributed by atoms with Crippen LogP contribution < -0.4 is 10.2 Å². The molecule has 0 amide bonds. The van der Waals surface area contributed by atoms with Crippen LogP contribution >= 0.6 is 11.6 Å². The topological polar surface area (TPSA) is 58.9 Å². The van der Waals surface area contributed by atoms with Gasteiger partial charge in [-0.2, -0.15) is 0 Å². The van der Waals surface area contributed by atoms with E-state index in [2.05, 4.69) is 43.0 Å². The smallest absolute Gasteiger partial charge is 0.152 e. The summed E-state index contributed by atoms with van der Waals surface area (Å²) in [4.78, 5) is 6.67. The Kier molecular flexibility index (Phi) is 4.36. The quantitative estimate of drug-likeness (QED) is 0.854. The van der Waals surface area contributed by atoms with E-state index in [1.807, 2.05) is 0 Å². The van der Waals surface area contributed by atoms with Crippen molar-refractivity contribution in [3.8, 4) is 0 Å². The second-order valence-electron chi connectivity index (χ2n) is 5.17. The number of anilines is 1. The summed E-state index contributed by atoms with van der Waals surface area (Å²) in [5, 5.41) is 12.2. The second-order valence-corrected chi connectivity index (χ2v) is 5.58. The van der Waals surface area contributed by atoms with Gasteiger partial charge in [-0.25, -0.2) is 4.98 Å². The molecule has 21 heavy (non-hydrogen) atoms. The van der Waals surface area contributed by atoms with E-state index in [1.165, 1.54) is 0 Å². The Bertz CT molecular complexity index is 611. The molecule has 1 aliphatic rings. The fourth-order valence-electron chi connectivity index (χ4n) is 2.44. The summed E-state index contributed by atoms with van der Waals surface area (Å²) in [7, 11) is 0. The van der Waals surface area contributed by atoms with Crippen molar-refractivity contribution < 1.29 is 0 Å². The first-order chi connectivity index (χ1) is 10.3. The van der Waals surface area contributed by atoms with Gasteiger partial charge in [0.2, 0.25) is 0 Å². The molecule has 3 rings (SSSR count). The van der Waals surface area contributed by atoms with Gasteiger partial charge in [-0.15, -0.1) is 10.2 Å². The molecular weight excluding hydrogens is 288 g/mol. The highest BCUT2D eigenvalue weighted by atomic mass is 35.5. The molecule has 0 aliphatic carbocycles. The SMILES string of the molecule is CCCNCc1cc(N2CCn3cnnc3C2)ncc1Cl. The molecule has 1 aliphatic heterocycles. The fraction of sp³-hybridized carbons (Fsp3) is 0.500. The van der Waals surface area contributed by atoms with Gasteiger partial charge in [0.05, 0.1) is 11.6 Å². The fourth-order valence-corrected chi connectivity index (χ4v) is 2.61. The van der Waals surface area contributed by atoms with Crippen molar-refractivity contribution in [3.63, 3.8) is 0 Å². The zero-order chi connectivity index (χ0) is 14.7. The van der Waals surface area contributed by atoms with E-state index < -0.39 is 0 Å². The van der Waals surface area contributed by atoms with Gasteiger partial charge in [0.25, 0.3) is 0 Å². The van der Waals surface area contributed by atoms with Gasteiger partial charge in [0.1, 0.15) is 12.1 Å². The molecule has 0 fully saturated rings. The Morgan fingerprint density at radius 1 is 1.38 bits per heavy atom. The highest BCUT2D eigenvalue weighted by molar-refractivity contribution is 6.31. The first kappa shape index (κ1) is 14.3. The van der Waals surface area contributed by atoms with Crippen molar-refractivity contribution in [2.24, 2.45) is 0 Å². The number of nitrogens with one attached hydrogen (secondary N) is 1. The van der Waals surface area contributed by atoms with E-state index in [0.717, 1.165) is 56.4 Å². The first-order valence-corrected chi connectivity index (χ1v) is 7.62. The third-order valence-electron chi connectivity index (χ3n) is 3.63. The summed E-state index contributed by atoms with van der Waals surface area (Å²) in [6.45, 7) is 6.43. The van der Waals surface area contributed by atoms with Crippen LogP contribution in [0.25, 0.3) is 0 Å². The van der Waals surface area contributed by atoms with Gasteiger partial charge >= 0.3 is 0 Å². The van der Waals surface area contributed by atoms with Crippen LogP contribution in [0.5, 0.6) is 0 Å². The third-order valence-corrected chi connectivity index (χ3v) is 3.97. The predicted octanol–water partition coefficient (Wildman–Crippen LogP) is 1.85. The standard InChI is InChI=1S/C14H19ClN6/c1-2-3-16-7-11-6-13(17-8-12(11)15)20-4-5-21-10-18-19-14(21)9-20/h6,8,10,16H,2-5,7,9H2,1H3. The number of rotatable bonds is 5. The average molecular weight is 307 g/mol. The van der Waals surface area contributed by atoms with E-state index in [-0.39, 0.29) is 0 Å². The number of nitrogens with zero attached hydrogens (tertiary/aromatic N) is 5. The normalized spacial score (nSPS) is 14.3. The minimum atomic E-state index is 0.711. The second kappa shape index (κ2) is 6.41. The maximum absolute atomic E-state index is 6.23. The highest BCUT2D eigenvalue weighted by Crippen LogP contribution is 2.23. The number of fused-ring (bicyclic) bond motifs is 1. The van der Waals surface area contributed by atoms with E-state index >= 15 is 0 Å². The molecule has 0 atom stereocenters. The minimum absolute atomic E-state index is 0.711. The maximum atomic E-state index is 6.23. The van der Waals surface area contributed by atoms with E-state index in [4.69, 9.17) is 11.6 Å². The Labute approximate surface area is 129 Å². The molecule has 0 spiro atoms. The molecule has 0 bridgehead atoms. The molecular formula is C14H19ClN6. The van der Waals surface area contributed by atoms with Crippen LogP contribution in [-0.4, -0.2) is 32.8 Å². The molecule has 112 valence electrons. The number of aromatic nitrogens is 4. The van der Waals surface area contributed by atoms with Gasteiger partial charge in [-0.3, -0.25) is 0 Å². The summed E-state index contributed by atoms with van der Waals surface area (Å²) >= 11 is 6.23. The van der Waals surface area contributed by atoms with Gasteiger partial charge in [0.15, 0.2) is 5.82 Å². The molecule has 0 radical (unpaired) electrons. The Morgan fingerprint density at radius 3 is 3.14 bits per heavy atom. The molecule has 3 heterocycles. The predicted molar refractivity (Wildman–Crippen MR) is 82.3 cm³/mol. The molecule has 7 heteroatoms. The van der Waals surface area contributed by atoms with Crippen molar-refractivity contribution in [3.05, 3.63) is 35.0 Å². The lowest BCUT2D eigenvalue weighted by molar-refractivity contribution is 0.556. The Hall–Kier alpha value is -1.66. The molecule has 2 aromatic heterocycles. The van der Waals surface area contributed by atoms with Gasteiger partial charge < -0.3 is 14.8 Å². The molecule has 1 N–H and O–H groups in total. The van der Waals surface area contributed by atoms with Crippen LogP contribution in [-0.2, 0) is 19.6 Å². The van der Waals surface area contributed by atoms with Crippen LogP contribution in [0, 0.1) is 0 Å². The number of halogens is 1. The van der Waals surface area contributed by atoms with Crippen molar-refractivity contribution >= 4 is 17.4 Å². The zero-order valence-corrected chi connectivity index (χ0v) is 12.8. The molecule has 6 nitrogen and oxygen atoms in total. The molecule has 0 unspecified atom stereocenters. The Balaban J connectivity index is 1.75. The monoisotopic (exact) mass is 306 g/mol. The average Bonchev–Trinajstić information content (AvgIpc) is 2.97. The van der Waals surface area contributed by atoms with Crippen LogP contribution in [0.15, 0.2) is 18.6 Å². The summed E-state index contributed by atoms with van der Waals surface area (Å²) in [5.74, 6) is 1.92. The Morgan fingerprint density at radius 2 is 2.29 bits per heavy atom. The minimum Gasteiger partial charge on any atom is -0.347 e. The van der Waals surface area contributed by atoms with Crippen LogP contribution in [0.1, 0.15) is 24.7 Å². The van der Waals surface area contributed by atoms with Gasteiger partial charge in [-0.1, -0.05) is 18.5 Å². The molecule has 2 aromatic rings. The van der Waals surface area contributed by atoms with E-state index in [9.17, 15) is 0 Å². The maximum Gasteiger partial charge on any atom is 0.152 e. The number of pyridine rings is 1. The van der Waals surface area contributed by atoms with Crippen molar-refractivity contribution in [1.29, 1.82) is 0 Å². The highest BCUT2D eigenvalue weighted by Gasteiger charge is 2.19. The van der Waals surface area contributed by atoms with Crippen LogP contribution in [0.2, 0.25) is 5.02 Å². The molecule has 0 aromatic carbocycles. The number of hydrogen-bond donors (Lipinski definition) is 1.